The number of nitrogens with zero attached hydrogens (tertiary/aromatic N) is 1. The molecule has 86 valence electrons. The number of rotatable bonds is 2. The molecule has 1 aliphatic rings. The van der Waals surface area contributed by atoms with Gasteiger partial charge < -0.3 is 14.4 Å². The van der Waals surface area contributed by atoms with Crippen molar-refractivity contribution >= 4 is 23.5 Å². The van der Waals surface area contributed by atoms with Crippen molar-refractivity contribution in [2.75, 3.05) is 26.8 Å². The summed E-state index contributed by atoms with van der Waals surface area (Å²) in [5.74, 6) is -0.649. The number of methoxy groups -OCH3 is 1. The highest BCUT2D eigenvalue weighted by atomic mass is 35.5. The zero-order valence-corrected chi connectivity index (χ0v) is 9.49. The fraction of sp³-hybridized carbons (Fsp3) is 0.778. The van der Waals surface area contributed by atoms with Gasteiger partial charge in [0.05, 0.1) is 20.3 Å². The van der Waals surface area contributed by atoms with Crippen LogP contribution in [0.3, 0.4) is 0 Å². The van der Waals surface area contributed by atoms with Gasteiger partial charge in [-0.25, -0.2) is 4.79 Å². The van der Waals surface area contributed by atoms with Crippen molar-refractivity contribution in [1.29, 1.82) is 0 Å². The fourth-order valence-corrected chi connectivity index (χ4v) is 1.51. The summed E-state index contributed by atoms with van der Waals surface area (Å²) in [6.45, 7) is 2.60. The van der Waals surface area contributed by atoms with Crippen LogP contribution in [-0.2, 0) is 19.1 Å². The van der Waals surface area contributed by atoms with Crippen molar-refractivity contribution in [2.45, 2.75) is 18.4 Å². The third-order valence-corrected chi connectivity index (χ3v) is 2.37. The standard InChI is InChI=1S/C9H14ClNO4/c1-6(10)8(12)11-3-4-15-7(5-11)9(13)14-2/h6-7H,3-5H2,1-2H3. The van der Waals surface area contributed by atoms with Crippen LogP contribution >= 0.6 is 11.6 Å². The monoisotopic (exact) mass is 235 g/mol. The average Bonchev–Trinajstić information content (AvgIpc) is 2.27. The van der Waals surface area contributed by atoms with Gasteiger partial charge in [0.15, 0.2) is 6.10 Å². The van der Waals surface area contributed by atoms with Crippen LogP contribution in [0.5, 0.6) is 0 Å². The summed E-state index contributed by atoms with van der Waals surface area (Å²) in [5, 5.41) is -0.582. The van der Waals surface area contributed by atoms with Crippen LogP contribution in [0.15, 0.2) is 0 Å². The normalized spacial score (nSPS) is 23.4. The maximum Gasteiger partial charge on any atom is 0.336 e. The number of hydrogen-bond acceptors (Lipinski definition) is 4. The highest BCUT2D eigenvalue weighted by Gasteiger charge is 2.31. The van der Waals surface area contributed by atoms with Gasteiger partial charge in [-0.15, -0.1) is 11.6 Å². The van der Waals surface area contributed by atoms with E-state index in [9.17, 15) is 9.59 Å². The highest BCUT2D eigenvalue weighted by molar-refractivity contribution is 6.30. The fourth-order valence-electron chi connectivity index (χ4n) is 1.38. The Morgan fingerprint density at radius 2 is 2.27 bits per heavy atom. The van der Waals surface area contributed by atoms with E-state index < -0.39 is 17.5 Å². The number of ether oxygens (including phenoxy) is 2. The number of carbonyl (C=O) groups is 2. The molecule has 6 heteroatoms. The molecule has 1 amide bonds. The minimum absolute atomic E-state index is 0.186. The van der Waals surface area contributed by atoms with Crippen LogP contribution < -0.4 is 0 Å². The minimum atomic E-state index is -0.692. The summed E-state index contributed by atoms with van der Waals surface area (Å²) in [7, 11) is 1.29. The lowest BCUT2D eigenvalue weighted by Gasteiger charge is -2.32. The molecule has 0 bridgehead atoms. The molecule has 0 spiro atoms. The molecule has 2 unspecified atom stereocenters. The Morgan fingerprint density at radius 3 is 2.80 bits per heavy atom. The molecule has 0 N–H and O–H groups in total. The SMILES string of the molecule is COC(=O)C1CN(C(=O)C(C)Cl)CCO1. The number of esters is 1. The molecule has 15 heavy (non-hydrogen) atoms. The zero-order chi connectivity index (χ0) is 11.4. The van der Waals surface area contributed by atoms with Crippen LogP contribution in [0, 0.1) is 0 Å². The molecule has 1 aliphatic heterocycles. The van der Waals surface area contributed by atoms with E-state index in [-0.39, 0.29) is 12.5 Å². The third kappa shape index (κ3) is 3.07. The Bertz CT molecular complexity index is 256. The second-order valence-electron chi connectivity index (χ2n) is 3.28. The molecular weight excluding hydrogens is 222 g/mol. The van der Waals surface area contributed by atoms with E-state index in [4.69, 9.17) is 16.3 Å². The number of halogens is 1. The average molecular weight is 236 g/mol. The summed E-state index contributed by atoms with van der Waals surface area (Å²) in [6, 6.07) is 0. The summed E-state index contributed by atoms with van der Waals surface area (Å²) in [6.07, 6.45) is -0.692. The lowest BCUT2D eigenvalue weighted by Crippen LogP contribution is -2.50. The molecule has 5 nitrogen and oxygen atoms in total. The van der Waals surface area contributed by atoms with Gasteiger partial charge in [-0.3, -0.25) is 4.79 Å². The molecule has 0 radical (unpaired) electrons. The zero-order valence-electron chi connectivity index (χ0n) is 8.73. The molecule has 1 heterocycles. The number of alkyl halides is 1. The van der Waals surface area contributed by atoms with Crippen LogP contribution in [0.2, 0.25) is 0 Å². The predicted molar refractivity (Wildman–Crippen MR) is 53.7 cm³/mol. The van der Waals surface area contributed by atoms with Gasteiger partial charge in [0.2, 0.25) is 5.91 Å². The summed E-state index contributed by atoms with van der Waals surface area (Å²) < 4.78 is 9.72. The minimum Gasteiger partial charge on any atom is -0.467 e. The maximum absolute atomic E-state index is 11.5. The number of morpholine rings is 1. The molecule has 1 fully saturated rings. The van der Waals surface area contributed by atoms with Crippen molar-refractivity contribution in [2.24, 2.45) is 0 Å². The summed E-state index contributed by atoms with van der Waals surface area (Å²) in [5.41, 5.74) is 0. The van der Waals surface area contributed by atoms with Gasteiger partial charge in [-0.05, 0) is 6.92 Å². The van der Waals surface area contributed by atoms with Crippen molar-refractivity contribution in [1.82, 2.24) is 4.90 Å². The van der Waals surface area contributed by atoms with Crippen molar-refractivity contribution < 1.29 is 19.1 Å². The van der Waals surface area contributed by atoms with Crippen molar-refractivity contribution in [3.8, 4) is 0 Å². The Hall–Kier alpha value is -0.810. The van der Waals surface area contributed by atoms with E-state index >= 15 is 0 Å². The first-order valence-electron chi connectivity index (χ1n) is 4.68. The number of hydrogen-bond donors (Lipinski definition) is 0. The first-order chi connectivity index (χ1) is 7.06. The van der Waals surface area contributed by atoms with Crippen molar-refractivity contribution in [3.05, 3.63) is 0 Å². The molecule has 1 saturated heterocycles. The first kappa shape index (κ1) is 12.3. The first-order valence-corrected chi connectivity index (χ1v) is 5.12. The van der Waals surface area contributed by atoms with Gasteiger partial charge >= 0.3 is 5.97 Å². The summed E-state index contributed by atoms with van der Waals surface area (Å²) in [4.78, 5) is 24.2. The van der Waals surface area contributed by atoms with E-state index in [0.29, 0.717) is 13.2 Å². The molecule has 1 rings (SSSR count). The van der Waals surface area contributed by atoms with Crippen LogP contribution in [-0.4, -0.2) is 55.1 Å². The molecular formula is C9H14ClNO4. The van der Waals surface area contributed by atoms with Gasteiger partial charge in [0.1, 0.15) is 5.38 Å². The van der Waals surface area contributed by atoms with Crippen molar-refractivity contribution in [3.63, 3.8) is 0 Å². The van der Waals surface area contributed by atoms with Gasteiger partial charge in [0.25, 0.3) is 0 Å². The van der Waals surface area contributed by atoms with E-state index in [0.717, 1.165) is 0 Å². The Balaban J connectivity index is 2.56. The summed E-state index contributed by atoms with van der Waals surface area (Å²) >= 11 is 5.67. The maximum atomic E-state index is 11.5. The second kappa shape index (κ2) is 5.32. The third-order valence-electron chi connectivity index (χ3n) is 2.18. The second-order valence-corrected chi connectivity index (χ2v) is 3.94. The Kier molecular flexibility index (Phi) is 4.35. The van der Waals surface area contributed by atoms with Gasteiger partial charge in [-0.1, -0.05) is 0 Å². The molecule has 0 aliphatic carbocycles. The highest BCUT2D eigenvalue weighted by Crippen LogP contribution is 2.10. The van der Waals surface area contributed by atoms with Crippen LogP contribution in [0.4, 0.5) is 0 Å². The largest absolute Gasteiger partial charge is 0.467 e. The van der Waals surface area contributed by atoms with E-state index in [1.807, 2.05) is 0 Å². The van der Waals surface area contributed by atoms with Crippen LogP contribution in [0.25, 0.3) is 0 Å². The molecule has 0 aromatic carbocycles. The molecule has 0 aromatic heterocycles. The van der Waals surface area contributed by atoms with Gasteiger partial charge in [0, 0.05) is 6.54 Å². The molecule has 0 saturated carbocycles. The Labute approximate surface area is 93.3 Å². The lowest BCUT2D eigenvalue weighted by molar-refractivity contribution is -0.162. The quantitative estimate of drug-likeness (QED) is 0.500. The number of carbonyl (C=O) groups excluding carboxylic acids is 2. The van der Waals surface area contributed by atoms with E-state index in [1.165, 1.54) is 12.0 Å². The molecule has 2 atom stereocenters. The predicted octanol–water partition coefficient (Wildman–Crippen LogP) is 0.0141. The topological polar surface area (TPSA) is 55.8 Å². The Morgan fingerprint density at radius 1 is 1.60 bits per heavy atom. The van der Waals surface area contributed by atoms with Gasteiger partial charge in [-0.2, -0.15) is 0 Å². The van der Waals surface area contributed by atoms with Crippen LogP contribution in [0.1, 0.15) is 6.92 Å². The number of amides is 1. The lowest BCUT2D eigenvalue weighted by atomic mass is 10.2. The van der Waals surface area contributed by atoms with E-state index in [1.54, 1.807) is 6.92 Å². The van der Waals surface area contributed by atoms with E-state index in [2.05, 4.69) is 4.74 Å². The smallest absolute Gasteiger partial charge is 0.336 e. The molecule has 0 aromatic rings.